The summed E-state index contributed by atoms with van der Waals surface area (Å²) < 4.78 is 0. The van der Waals surface area contributed by atoms with Gasteiger partial charge in [-0.2, -0.15) is 24.4 Å². The summed E-state index contributed by atoms with van der Waals surface area (Å²) in [6.07, 6.45) is 5.38. The number of amides is 2. The molecule has 0 aliphatic heterocycles. The van der Waals surface area contributed by atoms with E-state index >= 15 is 0 Å². The molecule has 2 aromatic heterocycles. The molecule has 27 heavy (non-hydrogen) atoms. The molecular weight excluding hydrogens is 398 g/mol. The number of pyridine rings is 1. The fourth-order valence-corrected chi connectivity index (χ4v) is 4.59. The number of nitrogens with zero attached hydrogens (tertiary/aromatic N) is 3. The maximum absolute atomic E-state index is 13.3. The smallest absolute Gasteiger partial charge is 0.240 e. The van der Waals surface area contributed by atoms with Gasteiger partial charge in [-0.15, -0.1) is 0 Å². The lowest BCUT2D eigenvalue weighted by molar-refractivity contribution is -0.132. The highest BCUT2D eigenvalue weighted by atomic mass is 32.2. The van der Waals surface area contributed by atoms with Gasteiger partial charge in [-0.05, 0) is 25.3 Å². The minimum atomic E-state index is -0.670. The van der Waals surface area contributed by atoms with Gasteiger partial charge in [0.15, 0.2) is 0 Å². The Morgan fingerprint density at radius 1 is 1.41 bits per heavy atom. The quantitative estimate of drug-likeness (QED) is 0.672. The van der Waals surface area contributed by atoms with Gasteiger partial charge in [0.25, 0.3) is 0 Å². The molecule has 1 atom stereocenters. The molecule has 1 unspecified atom stereocenters. The number of aromatic nitrogens is 2. The van der Waals surface area contributed by atoms with Gasteiger partial charge in [-0.25, -0.2) is 9.88 Å². The number of hydrogen-bond donors (Lipinski definition) is 1. The van der Waals surface area contributed by atoms with E-state index in [4.69, 9.17) is 0 Å². The van der Waals surface area contributed by atoms with Crippen molar-refractivity contribution in [1.29, 1.82) is 0 Å². The number of thioether (sulfide) groups is 1. The van der Waals surface area contributed by atoms with Gasteiger partial charge < -0.3 is 0 Å². The second kappa shape index (κ2) is 9.21. The highest BCUT2D eigenvalue weighted by Gasteiger charge is 2.39. The van der Waals surface area contributed by atoms with E-state index in [-0.39, 0.29) is 17.7 Å². The zero-order valence-electron chi connectivity index (χ0n) is 16.2. The van der Waals surface area contributed by atoms with Crippen LogP contribution in [-0.4, -0.2) is 39.5 Å². The predicted molar refractivity (Wildman–Crippen MR) is 118 cm³/mol. The van der Waals surface area contributed by atoms with Gasteiger partial charge in [-0.1, -0.05) is 32.1 Å². The molecule has 0 spiro atoms. The molecule has 0 fully saturated rings. The van der Waals surface area contributed by atoms with Crippen molar-refractivity contribution in [3.8, 4) is 10.6 Å². The van der Waals surface area contributed by atoms with Crippen LogP contribution in [0.5, 0.6) is 0 Å². The molecule has 5 nitrogen and oxygen atoms in total. The Hall–Kier alpha value is -1.38. The standard InChI is InChI=1S/C19H25N3O2S3/c1-12(10-25)16(23)22(18(24)19(3,4)11-26-5)17-13(2)21-15(27-17)14-7-6-8-20-9-14/h6-9,12,25H,10-11H2,1-5H3. The molecule has 0 N–H and O–H groups in total. The molecule has 2 heterocycles. The summed E-state index contributed by atoms with van der Waals surface area (Å²) in [5.74, 6) is 0.177. The van der Waals surface area contributed by atoms with Crippen molar-refractivity contribution in [2.45, 2.75) is 27.7 Å². The largest absolute Gasteiger partial charge is 0.274 e. The van der Waals surface area contributed by atoms with Crippen LogP contribution in [0.2, 0.25) is 0 Å². The lowest BCUT2D eigenvalue weighted by Crippen LogP contribution is -2.48. The second-order valence-corrected chi connectivity index (χ2v) is 9.24. The predicted octanol–water partition coefficient (Wildman–Crippen LogP) is 4.33. The third kappa shape index (κ3) is 4.92. The summed E-state index contributed by atoms with van der Waals surface area (Å²) >= 11 is 7.18. The molecule has 8 heteroatoms. The molecule has 2 rings (SSSR count). The zero-order valence-corrected chi connectivity index (χ0v) is 18.8. The van der Waals surface area contributed by atoms with Gasteiger partial charge in [-0.3, -0.25) is 14.6 Å². The van der Waals surface area contributed by atoms with Gasteiger partial charge >= 0.3 is 0 Å². The number of carbonyl (C=O) groups excluding carboxylic acids is 2. The molecule has 0 aliphatic rings. The van der Waals surface area contributed by atoms with E-state index in [1.807, 2.05) is 39.2 Å². The van der Waals surface area contributed by atoms with E-state index in [1.54, 1.807) is 31.1 Å². The number of carbonyl (C=O) groups is 2. The number of thiazole rings is 1. The van der Waals surface area contributed by atoms with E-state index in [9.17, 15) is 9.59 Å². The van der Waals surface area contributed by atoms with E-state index in [1.165, 1.54) is 16.2 Å². The third-order valence-corrected chi connectivity index (χ3v) is 6.84. The first-order chi connectivity index (χ1) is 12.7. The average Bonchev–Trinajstić information content (AvgIpc) is 3.03. The van der Waals surface area contributed by atoms with E-state index in [2.05, 4.69) is 22.6 Å². The SMILES string of the molecule is CSCC(C)(C)C(=O)N(C(=O)C(C)CS)c1sc(-c2cccnc2)nc1C. The van der Waals surface area contributed by atoms with Crippen molar-refractivity contribution < 1.29 is 9.59 Å². The molecular formula is C19H25N3O2S3. The van der Waals surface area contributed by atoms with Crippen LogP contribution in [0.3, 0.4) is 0 Å². The van der Waals surface area contributed by atoms with Crippen molar-refractivity contribution in [2.24, 2.45) is 11.3 Å². The number of aryl methyl sites for hydroxylation is 1. The van der Waals surface area contributed by atoms with Crippen LogP contribution >= 0.6 is 35.7 Å². The second-order valence-electron chi connectivity index (χ2n) is 7.03. The summed E-state index contributed by atoms with van der Waals surface area (Å²) in [6, 6.07) is 3.75. The molecule has 0 aliphatic carbocycles. The lowest BCUT2D eigenvalue weighted by Gasteiger charge is -2.31. The highest BCUT2D eigenvalue weighted by Crippen LogP contribution is 2.37. The van der Waals surface area contributed by atoms with E-state index < -0.39 is 5.41 Å². The van der Waals surface area contributed by atoms with Crippen molar-refractivity contribution >= 4 is 52.5 Å². The molecule has 0 saturated carbocycles. The van der Waals surface area contributed by atoms with Crippen LogP contribution in [0.4, 0.5) is 5.00 Å². The van der Waals surface area contributed by atoms with Crippen LogP contribution in [0, 0.1) is 18.3 Å². The molecule has 2 aromatic rings. The zero-order chi connectivity index (χ0) is 20.2. The van der Waals surface area contributed by atoms with Crippen LogP contribution in [0.15, 0.2) is 24.5 Å². The van der Waals surface area contributed by atoms with Crippen molar-refractivity contribution in [3.05, 3.63) is 30.2 Å². The monoisotopic (exact) mass is 423 g/mol. The Kier molecular flexibility index (Phi) is 7.47. The molecule has 146 valence electrons. The normalized spacial score (nSPS) is 12.7. The van der Waals surface area contributed by atoms with Gasteiger partial charge in [0.1, 0.15) is 10.0 Å². The molecule has 2 amide bonds. The summed E-state index contributed by atoms with van der Waals surface area (Å²) in [6.45, 7) is 7.35. The minimum absolute atomic E-state index is 0.208. The van der Waals surface area contributed by atoms with Crippen molar-refractivity contribution in [2.75, 3.05) is 22.7 Å². The lowest BCUT2D eigenvalue weighted by atomic mass is 9.93. The minimum Gasteiger partial charge on any atom is -0.274 e. The van der Waals surface area contributed by atoms with E-state index in [0.717, 1.165) is 10.6 Å². The number of hydrogen-bond acceptors (Lipinski definition) is 7. The van der Waals surface area contributed by atoms with E-state index in [0.29, 0.717) is 22.2 Å². The number of rotatable bonds is 7. The Bertz CT molecular complexity index is 806. The third-order valence-electron chi connectivity index (χ3n) is 4.09. The van der Waals surface area contributed by atoms with Crippen molar-refractivity contribution in [3.63, 3.8) is 0 Å². The average molecular weight is 424 g/mol. The fraction of sp³-hybridized carbons (Fsp3) is 0.474. The maximum atomic E-state index is 13.3. The maximum Gasteiger partial charge on any atom is 0.240 e. The number of thiol groups is 1. The highest BCUT2D eigenvalue weighted by molar-refractivity contribution is 7.98. The Morgan fingerprint density at radius 3 is 2.67 bits per heavy atom. The first kappa shape index (κ1) is 21.9. The molecule has 0 saturated heterocycles. The first-order valence-electron chi connectivity index (χ1n) is 8.59. The fourth-order valence-electron chi connectivity index (χ4n) is 2.52. The number of anilines is 1. The van der Waals surface area contributed by atoms with Crippen LogP contribution < -0.4 is 4.90 Å². The van der Waals surface area contributed by atoms with Gasteiger partial charge in [0.2, 0.25) is 11.8 Å². The molecule has 0 bridgehead atoms. The van der Waals surface area contributed by atoms with Crippen molar-refractivity contribution in [1.82, 2.24) is 9.97 Å². The van der Waals surface area contributed by atoms with Crippen LogP contribution in [0.25, 0.3) is 10.6 Å². The summed E-state index contributed by atoms with van der Waals surface area (Å²) in [4.78, 5) is 36.5. The number of imide groups is 1. The summed E-state index contributed by atoms with van der Waals surface area (Å²) in [7, 11) is 0. The van der Waals surface area contributed by atoms with Crippen LogP contribution in [0.1, 0.15) is 26.5 Å². The Morgan fingerprint density at radius 2 is 2.11 bits per heavy atom. The summed E-state index contributed by atoms with van der Waals surface area (Å²) in [5.41, 5.74) is 0.852. The Balaban J connectivity index is 2.53. The summed E-state index contributed by atoms with van der Waals surface area (Å²) in [5, 5.41) is 1.31. The Labute approximate surface area is 174 Å². The topological polar surface area (TPSA) is 63.2 Å². The first-order valence-corrected chi connectivity index (χ1v) is 11.4. The van der Waals surface area contributed by atoms with Crippen LogP contribution in [-0.2, 0) is 9.59 Å². The molecule has 0 radical (unpaired) electrons. The van der Waals surface area contributed by atoms with Gasteiger partial charge in [0.05, 0.1) is 11.1 Å². The molecule has 0 aromatic carbocycles. The van der Waals surface area contributed by atoms with Gasteiger partial charge in [0, 0.05) is 35.4 Å².